The lowest BCUT2D eigenvalue weighted by atomic mass is 10.0. The van der Waals surface area contributed by atoms with Crippen LogP contribution in [0.15, 0.2) is 42.1 Å². The monoisotopic (exact) mass is 468 g/mol. The molecule has 0 fully saturated rings. The van der Waals surface area contributed by atoms with Crippen molar-refractivity contribution in [1.29, 1.82) is 0 Å². The van der Waals surface area contributed by atoms with Crippen LogP contribution in [0.5, 0.6) is 0 Å². The molecule has 0 bridgehead atoms. The highest BCUT2D eigenvalue weighted by molar-refractivity contribution is 6.42. The molecule has 3 rings (SSSR count). The molecule has 3 nitrogen and oxygen atoms in total. The van der Waals surface area contributed by atoms with Gasteiger partial charge < -0.3 is 0 Å². The molecule has 2 aromatic carbocycles. The summed E-state index contributed by atoms with van der Waals surface area (Å²) in [5.74, 6) is 0. The fraction of sp³-hybridized carbons (Fsp3) is 0.176. The second-order valence-corrected chi connectivity index (χ2v) is 8.46. The topological polar surface area (TPSA) is 18.6 Å². The van der Waals surface area contributed by atoms with Gasteiger partial charge in [0.2, 0.25) is 0 Å². The number of benzene rings is 2. The minimum atomic E-state index is -0.618. The molecule has 0 aromatic heterocycles. The molecular formula is C17H12Cl6N3+. The Balaban J connectivity index is 2.19. The highest BCUT2D eigenvalue weighted by Crippen LogP contribution is 2.45. The van der Waals surface area contributed by atoms with E-state index >= 15 is 0 Å². The second-order valence-electron chi connectivity index (χ2n) is 5.96. The summed E-state index contributed by atoms with van der Waals surface area (Å²) in [6.07, 6.45) is 1.76. The summed E-state index contributed by atoms with van der Waals surface area (Å²) < 4.78 is 1.67. The van der Waals surface area contributed by atoms with E-state index in [1.54, 1.807) is 40.0 Å². The van der Waals surface area contributed by atoms with Gasteiger partial charge in [0.1, 0.15) is 0 Å². The zero-order valence-corrected chi connectivity index (χ0v) is 17.9. The van der Waals surface area contributed by atoms with E-state index in [1.807, 2.05) is 6.92 Å². The minimum Gasteiger partial charge on any atom is -0.126 e. The van der Waals surface area contributed by atoms with Crippen LogP contribution in [0.2, 0.25) is 30.1 Å². The van der Waals surface area contributed by atoms with Crippen LogP contribution < -0.4 is 5.01 Å². The van der Waals surface area contributed by atoms with Crippen molar-refractivity contribution < 1.29 is 4.70 Å². The van der Waals surface area contributed by atoms with Crippen molar-refractivity contribution in [2.24, 2.45) is 5.22 Å². The van der Waals surface area contributed by atoms with Gasteiger partial charge in [0.25, 0.3) is 0 Å². The average molecular weight is 471 g/mol. The van der Waals surface area contributed by atoms with Crippen molar-refractivity contribution >= 4 is 81.0 Å². The number of hydrogen-bond acceptors (Lipinski definition) is 2. The van der Waals surface area contributed by atoms with E-state index in [9.17, 15) is 0 Å². The Kier molecular flexibility index (Phi) is 5.70. The molecule has 2 aromatic rings. The van der Waals surface area contributed by atoms with Gasteiger partial charge in [-0.2, -0.15) is 0 Å². The van der Waals surface area contributed by atoms with Crippen LogP contribution >= 0.6 is 69.6 Å². The first kappa shape index (κ1) is 20.1. The van der Waals surface area contributed by atoms with Crippen LogP contribution in [0.1, 0.15) is 6.92 Å². The van der Waals surface area contributed by atoms with E-state index in [1.165, 1.54) is 0 Å². The van der Waals surface area contributed by atoms with Crippen LogP contribution in [0.25, 0.3) is 0 Å². The van der Waals surface area contributed by atoms with E-state index in [2.05, 4.69) is 11.8 Å². The number of hydrogen-bond donors (Lipinski definition) is 0. The van der Waals surface area contributed by atoms with Crippen LogP contribution in [0, 0.1) is 0 Å². The van der Waals surface area contributed by atoms with E-state index in [-0.39, 0.29) is 0 Å². The standard InChI is InChI=1S/C17H12Cl6N3/c1-3-17(2)8-25(15-11(20)4-9(18)5-12(15)21)24-26(17)16-13(22)6-10(19)7-14(16)23/h3-7H,1,8H2,2H3/q+1/t17-/m1/s1. The Hall–Kier alpha value is -0.680. The summed E-state index contributed by atoms with van der Waals surface area (Å²) >= 11 is 37.5. The van der Waals surface area contributed by atoms with Crippen molar-refractivity contribution in [1.82, 2.24) is 0 Å². The Morgan fingerprint density at radius 1 is 0.962 bits per heavy atom. The molecule has 0 N–H and O–H groups in total. The van der Waals surface area contributed by atoms with Gasteiger partial charge in [0, 0.05) is 10.0 Å². The Bertz CT molecular complexity index is 896. The average Bonchev–Trinajstić information content (AvgIpc) is 2.83. The van der Waals surface area contributed by atoms with Crippen molar-refractivity contribution in [2.75, 3.05) is 11.6 Å². The fourth-order valence-corrected chi connectivity index (χ4v) is 4.69. The molecule has 0 aliphatic carbocycles. The number of anilines is 1. The molecule has 0 unspecified atom stereocenters. The van der Waals surface area contributed by atoms with E-state index in [0.717, 1.165) is 0 Å². The van der Waals surface area contributed by atoms with Gasteiger partial charge in [-0.15, -0.1) is 9.71 Å². The SMILES string of the molecule is C=C[C@]1(C)C[N+](c2c(Cl)cc(Cl)cc2Cl)=NN1c1c(Cl)cc(Cl)cc1Cl. The van der Waals surface area contributed by atoms with Crippen LogP contribution in [0.3, 0.4) is 0 Å². The minimum absolute atomic E-state index is 0.370. The fourth-order valence-electron chi connectivity index (χ4n) is 2.70. The Morgan fingerprint density at radius 3 is 1.88 bits per heavy atom. The molecule has 0 saturated heterocycles. The normalized spacial score (nSPS) is 19.7. The van der Waals surface area contributed by atoms with Crippen molar-refractivity contribution in [2.45, 2.75) is 12.5 Å². The van der Waals surface area contributed by atoms with E-state index < -0.39 is 5.54 Å². The van der Waals surface area contributed by atoms with Gasteiger partial charge in [0.05, 0.1) is 25.3 Å². The molecule has 9 heteroatoms. The Morgan fingerprint density at radius 2 is 1.42 bits per heavy atom. The van der Waals surface area contributed by atoms with Gasteiger partial charge in [-0.25, -0.2) is 0 Å². The molecule has 0 saturated carbocycles. The molecule has 1 heterocycles. The van der Waals surface area contributed by atoms with Gasteiger partial charge in [0.15, 0.2) is 23.5 Å². The van der Waals surface area contributed by atoms with Gasteiger partial charge >= 0.3 is 0 Å². The van der Waals surface area contributed by atoms with Gasteiger partial charge in [-0.05, 0) is 37.3 Å². The smallest absolute Gasteiger partial charge is 0.126 e. The number of rotatable bonds is 3. The highest BCUT2D eigenvalue weighted by atomic mass is 35.5. The quantitative estimate of drug-likeness (QED) is 0.327. The lowest BCUT2D eigenvalue weighted by Crippen LogP contribution is -2.41. The molecule has 0 amide bonds. The van der Waals surface area contributed by atoms with Crippen LogP contribution in [-0.2, 0) is 0 Å². The first-order valence-electron chi connectivity index (χ1n) is 7.38. The maximum absolute atomic E-state index is 6.38. The van der Waals surface area contributed by atoms with Crippen molar-refractivity contribution in [3.05, 3.63) is 67.1 Å². The first-order valence-corrected chi connectivity index (χ1v) is 9.65. The molecule has 1 atom stereocenters. The van der Waals surface area contributed by atoms with Crippen LogP contribution in [0.4, 0.5) is 11.4 Å². The zero-order valence-electron chi connectivity index (χ0n) is 13.4. The molecule has 0 spiro atoms. The maximum atomic E-state index is 6.38. The van der Waals surface area contributed by atoms with E-state index in [0.29, 0.717) is 48.1 Å². The predicted octanol–water partition coefficient (Wildman–Crippen LogP) is 8.08. The summed E-state index contributed by atoms with van der Waals surface area (Å²) in [7, 11) is 0. The second kappa shape index (κ2) is 7.38. The van der Waals surface area contributed by atoms with Gasteiger partial charge in [-0.3, -0.25) is 0 Å². The van der Waals surface area contributed by atoms with E-state index in [4.69, 9.17) is 69.6 Å². The predicted molar refractivity (Wildman–Crippen MR) is 111 cm³/mol. The lowest BCUT2D eigenvalue weighted by molar-refractivity contribution is -0.500. The zero-order chi connectivity index (χ0) is 19.2. The number of halogens is 6. The molecule has 1 aliphatic rings. The summed E-state index contributed by atoms with van der Waals surface area (Å²) in [5.41, 5.74) is 0.436. The van der Waals surface area contributed by atoms with Crippen molar-refractivity contribution in [3.63, 3.8) is 0 Å². The first-order chi connectivity index (χ1) is 12.2. The third kappa shape index (κ3) is 3.54. The molecular weight excluding hydrogens is 459 g/mol. The summed E-state index contributed by atoms with van der Waals surface area (Å²) in [4.78, 5) is 0. The molecule has 1 aliphatic heterocycles. The molecule has 0 radical (unpaired) electrons. The maximum Gasteiger partial charge on any atom is 0.188 e. The van der Waals surface area contributed by atoms with Gasteiger partial charge in [-0.1, -0.05) is 76.2 Å². The third-order valence-electron chi connectivity index (χ3n) is 4.02. The third-order valence-corrected chi connectivity index (χ3v) is 5.61. The van der Waals surface area contributed by atoms with Crippen LogP contribution in [-0.4, -0.2) is 16.8 Å². The highest BCUT2D eigenvalue weighted by Gasteiger charge is 2.48. The summed E-state index contributed by atoms with van der Waals surface area (Å²) in [6, 6.07) is 6.43. The Labute approximate surface area is 181 Å². The summed E-state index contributed by atoms with van der Waals surface area (Å²) in [5, 5.41) is 8.69. The molecule has 26 heavy (non-hydrogen) atoms. The largest absolute Gasteiger partial charge is 0.188 e. The number of nitrogens with zero attached hydrogens (tertiary/aromatic N) is 3. The lowest BCUT2D eigenvalue weighted by Gasteiger charge is -2.22. The summed E-state index contributed by atoms with van der Waals surface area (Å²) in [6.45, 7) is 6.30. The van der Waals surface area contributed by atoms with Crippen molar-refractivity contribution in [3.8, 4) is 0 Å². The molecule has 136 valence electrons.